The van der Waals surface area contributed by atoms with Crippen LogP contribution in [0.4, 0.5) is 0 Å². The first kappa shape index (κ1) is 21.3. The summed E-state index contributed by atoms with van der Waals surface area (Å²) in [6.07, 6.45) is 8.94. The lowest BCUT2D eigenvalue weighted by molar-refractivity contribution is -0.121. The maximum Gasteiger partial charge on any atom is 0.220 e. The zero-order valence-electron chi connectivity index (χ0n) is 19.2. The minimum Gasteiger partial charge on any atom is -0.355 e. The maximum atomic E-state index is 12.3. The number of hydrazone groups is 1. The molecule has 4 aliphatic rings. The average molecular weight is 438 g/mol. The number of amides is 1. The number of carbonyl (C=O) groups excluding carboxylic acids is 1. The highest BCUT2D eigenvalue weighted by Gasteiger charge is 2.44. The minimum atomic E-state index is 0.0947. The van der Waals surface area contributed by atoms with E-state index in [2.05, 4.69) is 80.5 Å². The largest absolute Gasteiger partial charge is 0.355 e. The fourth-order valence-electron chi connectivity index (χ4n) is 5.18. The Kier molecular flexibility index (Phi) is 6.06. The summed E-state index contributed by atoms with van der Waals surface area (Å²) in [7, 11) is 0. The first-order valence-corrected chi connectivity index (χ1v) is 12.0. The SMILES string of the molecule is Cc1ccc(C2CC3C4NN=C(CCC(=O)NCCN5CCCC5)N4C=CN3N2)cc1C. The second-order valence-electron chi connectivity index (χ2n) is 9.44. The van der Waals surface area contributed by atoms with Gasteiger partial charge in [-0.3, -0.25) is 10.2 Å². The van der Waals surface area contributed by atoms with Crippen molar-refractivity contribution in [2.24, 2.45) is 5.10 Å². The zero-order valence-corrected chi connectivity index (χ0v) is 19.2. The van der Waals surface area contributed by atoms with Crippen LogP contribution in [0.15, 0.2) is 35.7 Å². The highest BCUT2D eigenvalue weighted by Crippen LogP contribution is 2.34. The number of hydrazine groups is 1. The van der Waals surface area contributed by atoms with Crippen LogP contribution < -0.4 is 16.2 Å². The van der Waals surface area contributed by atoms with E-state index in [4.69, 9.17) is 0 Å². The van der Waals surface area contributed by atoms with Crippen LogP contribution in [0.1, 0.15) is 54.8 Å². The van der Waals surface area contributed by atoms with E-state index in [0.717, 1.165) is 25.3 Å². The Bertz CT molecular complexity index is 908. The van der Waals surface area contributed by atoms with E-state index in [9.17, 15) is 4.79 Å². The summed E-state index contributed by atoms with van der Waals surface area (Å²) in [5.41, 5.74) is 10.9. The fraction of sp³-hybridized carbons (Fsp3) is 0.583. The quantitative estimate of drug-likeness (QED) is 0.606. The summed E-state index contributed by atoms with van der Waals surface area (Å²) in [6, 6.07) is 7.29. The Morgan fingerprint density at radius 2 is 2.03 bits per heavy atom. The number of hydrogen-bond donors (Lipinski definition) is 3. The van der Waals surface area contributed by atoms with Crippen LogP contribution in [-0.4, -0.2) is 64.9 Å². The molecular weight excluding hydrogens is 402 g/mol. The Balaban J connectivity index is 1.12. The van der Waals surface area contributed by atoms with E-state index in [0.29, 0.717) is 12.8 Å². The Hall–Kier alpha value is -2.58. The molecule has 1 amide bonds. The number of nitrogens with zero attached hydrogens (tertiary/aromatic N) is 4. The van der Waals surface area contributed by atoms with Gasteiger partial charge in [-0.1, -0.05) is 18.2 Å². The number of fused-ring (bicyclic) bond motifs is 3. The third-order valence-corrected chi connectivity index (χ3v) is 7.27. The number of aryl methyl sites for hydroxylation is 2. The number of amidine groups is 1. The van der Waals surface area contributed by atoms with Gasteiger partial charge in [0.15, 0.2) is 0 Å². The lowest BCUT2D eigenvalue weighted by Crippen LogP contribution is -2.54. The summed E-state index contributed by atoms with van der Waals surface area (Å²) >= 11 is 0. The molecule has 1 aromatic rings. The molecule has 3 atom stereocenters. The molecule has 172 valence electrons. The Morgan fingerprint density at radius 3 is 2.84 bits per heavy atom. The highest BCUT2D eigenvalue weighted by atomic mass is 16.1. The van der Waals surface area contributed by atoms with Crippen molar-refractivity contribution in [2.45, 2.75) is 64.2 Å². The topological polar surface area (TPSA) is 75.2 Å². The van der Waals surface area contributed by atoms with Crippen molar-refractivity contribution in [3.8, 4) is 0 Å². The number of nitrogens with one attached hydrogen (secondary N) is 3. The first-order chi connectivity index (χ1) is 15.6. The van der Waals surface area contributed by atoms with Crippen LogP contribution in [-0.2, 0) is 4.79 Å². The van der Waals surface area contributed by atoms with Crippen molar-refractivity contribution < 1.29 is 4.79 Å². The number of likely N-dealkylation sites (tertiary alicyclic amines) is 1. The lowest BCUT2D eigenvalue weighted by atomic mass is 9.97. The summed E-state index contributed by atoms with van der Waals surface area (Å²) in [5, 5.41) is 9.85. The van der Waals surface area contributed by atoms with Crippen molar-refractivity contribution in [1.29, 1.82) is 0 Å². The average Bonchev–Trinajstić information content (AvgIpc) is 3.53. The second kappa shape index (κ2) is 9.11. The number of benzene rings is 1. The molecule has 4 heterocycles. The highest BCUT2D eigenvalue weighted by molar-refractivity contribution is 5.89. The third-order valence-electron chi connectivity index (χ3n) is 7.27. The van der Waals surface area contributed by atoms with E-state index in [1.807, 2.05) is 0 Å². The van der Waals surface area contributed by atoms with Gasteiger partial charge in [-0.25, -0.2) is 5.43 Å². The van der Waals surface area contributed by atoms with Crippen molar-refractivity contribution in [2.75, 3.05) is 26.2 Å². The molecule has 3 unspecified atom stereocenters. The van der Waals surface area contributed by atoms with Crippen molar-refractivity contribution in [1.82, 2.24) is 31.0 Å². The van der Waals surface area contributed by atoms with Gasteiger partial charge in [0.25, 0.3) is 0 Å². The molecular formula is C24H35N7O. The maximum absolute atomic E-state index is 12.3. The number of hydrogen-bond acceptors (Lipinski definition) is 7. The fourth-order valence-corrected chi connectivity index (χ4v) is 5.18. The smallest absolute Gasteiger partial charge is 0.220 e. The first-order valence-electron chi connectivity index (χ1n) is 12.0. The van der Waals surface area contributed by atoms with Gasteiger partial charge in [0, 0.05) is 38.3 Å². The van der Waals surface area contributed by atoms with Crippen LogP contribution in [0.5, 0.6) is 0 Å². The van der Waals surface area contributed by atoms with Gasteiger partial charge in [0.1, 0.15) is 12.0 Å². The van der Waals surface area contributed by atoms with Crippen LogP contribution in [0.2, 0.25) is 0 Å². The Morgan fingerprint density at radius 1 is 1.19 bits per heavy atom. The molecule has 8 heteroatoms. The summed E-state index contributed by atoms with van der Waals surface area (Å²) in [4.78, 5) is 16.9. The Labute approximate surface area is 190 Å². The summed E-state index contributed by atoms with van der Waals surface area (Å²) < 4.78 is 0. The summed E-state index contributed by atoms with van der Waals surface area (Å²) in [5.74, 6) is 1.05. The normalized spacial score (nSPS) is 26.7. The van der Waals surface area contributed by atoms with Crippen LogP contribution in [0.3, 0.4) is 0 Å². The molecule has 2 fully saturated rings. The number of carbonyl (C=O) groups is 1. The van der Waals surface area contributed by atoms with E-state index in [1.54, 1.807) is 0 Å². The van der Waals surface area contributed by atoms with E-state index in [-0.39, 0.29) is 24.2 Å². The van der Waals surface area contributed by atoms with Gasteiger partial charge < -0.3 is 20.1 Å². The third kappa shape index (κ3) is 4.34. The molecule has 0 saturated carbocycles. The van der Waals surface area contributed by atoms with E-state index in [1.165, 1.54) is 42.6 Å². The monoisotopic (exact) mass is 437 g/mol. The standard InChI is InChI=1S/C24H35N7O/c1-17-5-6-19(15-18(17)2)20-16-21-24-27-26-22(30(24)13-14-31(21)28-20)7-8-23(32)25-9-12-29-10-3-4-11-29/h5-6,13-15,20-21,24,27-28H,3-4,7-12,16H2,1-2H3,(H,25,32). The van der Waals surface area contributed by atoms with Crippen LogP contribution in [0, 0.1) is 13.8 Å². The molecule has 8 nitrogen and oxygen atoms in total. The van der Waals surface area contributed by atoms with Gasteiger partial charge in [-0.15, -0.1) is 0 Å². The molecule has 2 saturated heterocycles. The molecule has 0 aliphatic carbocycles. The predicted octanol–water partition coefficient (Wildman–Crippen LogP) is 1.95. The lowest BCUT2D eigenvalue weighted by Gasteiger charge is -2.37. The molecule has 0 spiro atoms. The molecule has 3 N–H and O–H groups in total. The zero-order chi connectivity index (χ0) is 22.1. The molecule has 4 aliphatic heterocycles. The summed E-state index contributed by atoms with van der Waals surface area (Å²) in [6.45, 7) is 8.34. The van der Waals surface area contributed by atoms with Gasteiger partial charge in [-0.2, -0.15) is 5.10 Å². The second-order valence-corrected chi connectivity index (χ2v) is 9.44. The van der Waals surface area contributed by atoms with Crippen molar-refractivity contribution >= 4 is 11.7 Å². The minimum absolute atomic E-state index is 0.0947. The molecule has 32 heavy (non-hydrogen) atoms. The predicted molar refractivity (Wildman–Crippen MR) is 125 cm³/mol. The molecule has 0 radical (unpaired) electrons. The molecule has 0 bridgehead atoms. The van der Waals surface area contributed by atoms with Crippen LogP contribution >= 0.6 is 0 Å². The van der Waals surface area contributed by atoms with Gasteiger partial charge in [0.05, 0.1) is 12.1 Å². The molecule has 1 aromatic carbocycles. The van der Waals surface area contributed by atoms with Crippen molar-refractivity contribution in [3.63, 3.8) is 0 Å². The van der Waals surface area contributed by atoms with E-state index >= 15 is 0 Å². The van der Waals surface area contributed by atoms with Crippen molar-refractivity contribution in [3.05, 3.63) is 47.3 Å². The molecule has 0 aromatic heterocycles. The van der Waals surface area contributed by atoms with Gasteiger partial charge in [-0.05, 0) is 62.9 Å². The van der Waals surface area contributed by atoms with Gasteiger partial charge in [0.2, 0.25) is 5.91 Å². The van der Waals surface area contributed by atoms with E-state index < -0.39 is 0 Å². The van der Waals surface area contributed by atoms with Crippen LogP contribution in [0.25, 0.3) is 0 Å². The molecule has 5 rings (SSSR count). The van der Waals surface area contributed by atoms with Gasteiger partial charge >= 0.3 is 0 Å². The number of rotatable bonds is 7.